The van der Waals surface area contributed by atoms with Crippen LogP contribution in [0.5, 0.6) is 0 Å². The fourth-order valence-corrected chi connectivity index (χ4v) is 7.59. The predicted octanol–water partition coefficient (Wildman–Crippen LogP) is 15.3. The Labute approximate surface area is 469 Å². The van der Waals surface area contributed by atoms with Gasteiger partial charge in [0.2, 0.25) is 0 Å². The van der Waals surface area contributed by atoms with Gasteiger partial charge in [-0.05, 0) is 149 Å². The van der Waals surface area contributed by atoms with E-state index in [0.29, 0.717) is 61.7 Å². The standard InChI is InChI=1S/C45H21F6N3.C12H6.C11H6BrF2N/c46-34-10-13-37(40(49)22-34)43-16-7-28(25-52-43)1-4-31-19-32(5-2-29-8-17-44(53-26-29)38-14-11-35(47)23-41(38)50)21-33(20-31)6-3-30-9-18-45(54-27-30)39-15-12-36(48)24-42(39)51;1-4-10-7-11(5-2)9-12(6-3)8-10;12-7-1-4-11(15-6-7)9-3-2-8(13)5-10(9)14/h7-27H;1-3,7-9H;1-6H. The molecule has 0 N–H and O–H groups in total. The zero-order valence-corrected chi connectivity index (χ0v) is 43.3. The molecular weight excluding hydrogens is 1100 g/mol. The Bertz CT molecular complexity index is 3920. The lowest BCUT2D eigenvalue weighted by molar-refractivity contribution is 0.584. The molecule has 0 radical (unpaired) electrons. The third-order valence-electron chi connectivity index (χ3n) is 11.3. The first-order valence-corrected chi connectivity index (χ1v) is 24.5. The molecule has 0 aliphatic carbocycles. The number of pyridine rings is 4. The molecule has 0 amide bonds. The summed E-state index contributed by atoms with van der Waals surface area (Å²) in [6.45, 7) is 0. The third-order valence-corrected chi connectivity index (χ3v) is 11.7. The van der Waals surface area contributed by atoms with Crippen LogP contribution in [0.3, 0.4) is 0 Å². The topological polar surface area (TPSA) is 51.6 Å². The maximum absolute atomic E-state index is 14.3. The van der Waals surface area contributed by atoms with Gasteiger partial charge in [-0.15, -0.1) is 19.3 Å². The van der Waals surface area contributed by atoms with Crippen molar-refractivity contribution in [3.63, 3.8) is 0 Å². The van der Waals surface area contributed by atoms with Crippen molar-refractivity contribution in [3.8, 4) is 118 Å². The van der Waals surface area contributed by atoms with Crippen LogP contribution in [0.2, 0.25) is 0 Å². The van der Waals surface area contributed by atoms with E-state index in [-0.39, 0.29) is 16.7 Å². The zero-order chi connectivity index (χ0) is 57.4. The molecule has 0 spiro atoms. The molecule has 0 atom stereocenters. The molecule has 0 saturated heterocycles. The first-order chi connectivity index (χ1) is 39.1. The van der Waals surface area contributed by atoms with Crippen LogP contribution in [0.25, 0.3) is 45.0 Å². The minimum Gasteiger partial charge on any atom is -0.255 e. The Morgan fingerprint density at radius 2 is 0.519 bits per heavy atom. The second kappa shape index (κ2) is 26.5. The highest BCUT2D eigenvalue weighted by atomic mass is 79.9. The van der Waals surface area contributed by atoms with Crippen molar-refractivity contribution in [1.82, 2.24) is 19.9 Å². The molecule has 81 heavy (non-hydrogen) atoms. The molecule has 0 fully saturated rings. The van der Waals surface area contributed by atoms with E-state index in [4.69, 9.17) is 19.3 Å². The summed E-state index contributed by atoms with van der Waals surface area (Å²) in [6.07, 6.45) is 21.7. The predicted molar refractivity (Wildman–Crippen MR) is 301 cm³/mol. The molecule has 4 nitrogen and oxygen atoms in total. The van der Waals surface area contributed by atoms with Crippen LogP contribution in [-0.2, 0) is 0 Å². The number of halogens is 9. The Morgan fingerprint density at radius 3 is 0.741 bits per heavy atom. The summed E-state index contributed by atoms with van der Waals surface area (Å²) in [5, 5.41) is 0. The van der Waals surface area contributed by atoms with Gasteiger partial charge in [0, 0.05) is 126 Å². The smallest absolute Gasteiger partial charge is 0.135 e. The number of aromatic nitrogens is 4. The van der Waals surface area contributed by atoms with Crippen molar-refractivity contribution in [2.24, 2.45) is 0 Å². The highest BCUT2D eigenvalue weighted by molar-refractivity contribution is 9.10. The van der Waals surface area contributed by atoms with Gasteiger partial charge in [-0.25, -0.2) is 35.1 Å². The van der Waals surface area contributed by atoms with E-state index in [1.54, 1.807) is 91.1 Å². The summed E-state index contributed by atoms with van der Waals surface area (Å²) in [5.41, 5.74) is 7.71. The van der Waals surface area contributed by atoms with E-state index in [1.165, 1.54) is 48.9 Å². The van der Waals surface area contributed by atoms with E-state index in [2.05, 4.69) is 89.1 Å². The number of hydrogen-bond acceptors (Lipinski definition) is 4. The molecular formula is C68H33BrF8N4. The first kappa shape index (κ1) is 56.4. The van der Waals surface area contributed by atoms with Crippen LogP contribution in [-0.4, -0.2) is 19.9 Å². The SMILES string of the molecule is C#Cc1cc(C#C)cc(C#C)c1.Fc1ccc(-c2ccc(Br)cn2)c(F)c1.Fc1ccc(-c2ccc(C#Cc3cc(C#Cc4ccc(-c5ccc(F)cc5F)nc4)cc(C#Cc4ccc(-c5ccc(F)cc5F)nc4)c3)cn2)c(F)c1. The number of rotatable bonds is 4. The van der Waals surface area contributed by atoms with Crippen molar-refractivity contribution >= 4 is 15.9 Å². The van der Waals surface area contributed by atoms with E-state index in [0.717, 1.165) is 63.6 Å². The summed E-state index contributed by atoms with van der Waals surface area (Å²) in [5.74, 6) is 20.4. The van der Waals surface area contributed by atoms with Crippen molar-refractivity contribution in [2.45, 2.75) is 0 Å². The Hall–Kier alpha value is -10.8. The third kappa shape index (κ3) is 15.5. The van der Waals surface area contributed by atoms with Crippen LogP contribution in [0.4, 0.5) is 35.1 Å². The molecule has 13 heteroatoms. The summed E-state index contributed by atoms with van der Waals surface area (Å²) in [4.78, 5) is 16.9. The molecule has 0 aliphatic heterocycles. The minimum atomic E-state index is -0.727. The fourth-order valence-electron chi connectivity index (χ4n) is 7.36. The summed E-state index contributed by atoms with van der Waals surface area (Å²) in [7, 11) is 0. The van der Waals surface area contributed by atoms with Gasteiger partial charge in [0.15, 0.2) is 0 Å². The molecule has 388 valence electrons. The average Bonchev–Trinajstić information content (AvgIpc) is 3.54. The highest BCUT2D eigenvalue weighted by Crippen LogP contribution is 2.26. The zero-order valence-electron chi connectivity index (χ0n) is 41.7. The Kier molecular flexibility index (Phi) is 18.5. The number of nitrogens with zero attached hydrogens (tertiary/aromatic N) is 4. The molecule has 4 aromatic heterocycles. The first-order valence-electron chi connectivity index (χ1n) is 23.7. The Morgan fingerprint density at radius 1 is 0.272 bits per heavy atom. The number of hydrogen-bond donors (Lipinski definition) is 0. The van der Waals surface area contributed by atoms with Crippen molar-refractivity contribution in [2.75, 3.05) is 0 Å². The van der Waals surface area contributed by atoms with E-state index >= 15 is 0 Å². The minimum absolute atomic E-state index is 0.158. The van der Waals surface area contributed by atoms with Crippen LogP contribution in [0.1, 0.15) is 50.1 Å². The maximum Gasteiger partial charge on any atom is 0.135 e. The van der Waals surface area contributed by atoms with Gasteiger partial charge in [-0.2, -0.15) is 0 Å². The van der Waals surface area contributed by atoms with E-state index < -0.39 is 46.5 Å². The van der Waals surface area contributed by atoms with Gasteiger partial charge in [0.1, 0.15) is 46.5 Å². The lowest BCUT2D eigenvalue weighted by Gasteiger charge is -2.03. The summed E-state index contributed by atoms with van der Waals surface area (Å²) >= 11 is 3.23. The highest BCUT2D eigenvalue weighted by Gasteiger charge is 2.11. The van der Waals surface area contributed by atoms with Crippen molar-refractivity contribution in [3.05, 3.63) is 284 Å². The van der Waals surface area contributed by atoms with Gasteiger partial charge in [0.05, 0.1) is 22.8 Å². The quantitative estimate of drug-likeness (QED) is 0.130. The van der Waals surface area contributed by atoms with Gasteiger partial charge < -0.3 is 0 Å². The van der Waals surface area contributed by atoms with Crippen LogP contribution in [0.15, 0.2) is 187 Å². The molecule has 4 heterocycles. The van der Waals surface area contributed by atoms with Crippen molar-refractivity contribution < 1.29 is 35.1 Å². The number of terminal acetylenes is 3. The average molecular weight is 1140 g/mol. The Balaban J connectivity index is 0.000000258. The van der Waals surface area contributed by atoms with Crippen molar-refractivity contribution in [1.29, 1.82) is 0 Å². The molecule has 0 bridgehead atoms. The monoisotopic (exact) mass is 1140 g/mol. The van der Waals surface area contributed by atoms with E-state index in [9.17, 15) is 35.1 Å². The second-order valence-electron chi connectivity index (χ2n) is 16.9. The van der Waals surface area contributed by atoms with Crippen LogP contribution < -0.4 is 0 Å². The van der Waals surface area contributed by atoms with Crippen LogP contribution >= 0.6 is 15.9 Å². The molecule has 6 aromatic carbocycles. The lowest BCUT2D eigenvalue weighted by atomic mass is 10.0. The largest absolute Gasteiger partial charge is 0.255 e. The number of benzene rings is 6. The molecule has 10 rings (SSSR count). The van der Waals surface area contributed by atoms with Gasteiger partial charge >= 0.3 is 0 Å². The normalized spacial score (nSPS) is 9.95. The molecule has 0 saturated carbocycles. The fraction of sp³-hybridized carbons (Fsp3) is 0. The summed E-state index contributed by atoms with van der Waals surface area (Å²) in [6, 6.07) is 37.0. The van der Waals surface area contributed by atoms with Crippen LogP contribution in [0, 0.1) is 119 Å². The second-order valence-corrected chi connectivity index (χ2v) is 17.9. The molecule has 0 unspecified atom stereocenters. The van der Waals surface area contributed by atoms with Gasteiger partial charge in [-0.1, -0.05) is 53.3 Å². The van der Waals surface area contributed by atoms with E-state index in [1.807, 2.05) is 0 Å². The van der Waals surface area contributed by atoms with Gasteiger partial charge in [0.25, 0.3) is 0 Å². The summed E-state index contributed by atoms with van der Waals surface area (Å²) < 4.78 is 110. The molecule has 0 aliphatic rings. The molecule has 10 aromatic rings. The maximum atomic E-state index is 14.3. The van der Waals surface area contributed by atoms with Gasteiger partial charge in [-0.3, -0.25) is 19.9 Å². The lowest BCUT2D eigenvalue weighted by Crippen LogP contribution is -1.90.